The van der Waals surface area contributed by atoms with Gasteiger partial charge in [0.05, 0.1) is 5.25 Å². The summed E-state index contributed by atoms with van der Waals surface area (Å²) < 4.78 is 10.7. The number of aromatic nitrogens is 2. The van der Waals surface area contributed by atoms with Crippen LogP contribution >= 0.6 is 23.1 Å². The van der Waals surface area contributed by atoms with Gasteiger partial charge in [0.25, 0.3) is 0 Å². The van der Waals surface area contributed by atoms with Crippen LogP contribution in [0.4, 0.5) is 0 Å². The van der Waals surface area contributed by atoms with E-state index in [1.807, 2.05) is 43.3 Å². The summed E-state index contributed by atoms with van der Waals surface area (Å²) in [6.07, 6.45) is 1.56. The van der Waals surface area contributed by atoms with Crippen molar-refractivity contribution < 1.29 is 14.3 Å². The number of carbonyl (C=O) groups excluding carboxylic acids is 1. The number of thioether (sulfide) groups is 1. The molecular formula is C23H19N3O3S2. The highest BCUT2D eigenvalue weighted by Gasteiger charge is 2.19. The summed E-state index contributed by atoms with van der Waals surface area (Å²) in [6.45, 7) is 2.55. The zero-order valence-corrected chi connectivity index (χ0v) is 18.3. The van der Waals surface area contributed by atoms with Gasteiger partial charge in [-0.15, -0.1) is 11.3 Å². The Morgan fingerprint density at radius 3 is 2.84 bits per heavy atom. The van der Waals surface area contributed by atoms with E-state index in [1.54, 1.807) is 17.7 Å². The Kier molecular flexibility index (Phi) is 5.48. The molecule has 1 atom stereocenters. The van der Waals surface area contributed by atoms with Gasteiger partial charge < -0.3 is 14.8 Å². The molecule has 0 saturated carbocycles. The molecule has 31 heavy (non-hydrogen) atoms. The number of amides is 1. The van der Waals surface area contributed by atoms with E-state index in [0.717, 1.165) is 37.0 Å². The van der Waals surface area contributed by atoms with Crippen molar-refractivity contribution in [3.8, 4) is 21.9 Å². The Hall–Kier alpha value is -3.10. The summed E-state index contributed by atoms with van der Waals surface area (Å²) in [6, 6.07) is 18.0. The Labute approximate surface area is 187 Å². The van der Waals surface area contributed by atoms with Crippen LogP contribution in [0.25, 0.3) is 20.7 Å². The summed E-state index contributed by atoms with van der Waals surface area (Å²) >= 11 is 3.07. The second-order valence-corrected chi connectivity index (χ2v) is 9.40. The molecule has 5 rings (SSSR count). The monoisotopic (exact) mass is 449 g/mol. The molecule has 0 radical (unpaired) electrons. The molecular weight excluding hydrogens is 430 g/mol. The van der Waals surface area contributed by atoms with E-state index >= 15 is 0 Å². The van der Waals surface area contributed by atoms with Gasteiger partial charge in [-0.25, -0.2) is 9.97 Å². The molecule has 0 saturated heterocycles. The average molecular weight is 450 g/mol. The molecule has 0 aliphatic carbocycles. The molecule has 3 heterocycles. The van der Waals surface area contributed by atoms with Gasteiger partial charge in [0.1, 0.15) is 16.2 Å². The van der Waals surface area contributed by atoms with Crippen LogP contribution in [0.5, 0.6) is 11.5 Å². The van der Waals surface area contributed by atoms with Gasteiger partial charge in [-0.05, 0) is 36.2 Å². The minimum absolute atomic E-state index is 0.0482. The number of hydrogen-bond donors (Lipinski definition) is 1. The third kappa shape index (κ3) is 4.22. The molecule has 8 heteroatoms. The van der Waals surface area contributed by atoms with E-state index in [4.69, 9.17) is 9.47 Å². The summed E-state index contributed by atoms with van der Waals surface area (Å²) in [4.78, 5) is 23.6. The van der Waals surface area contributed by atoms with E-state index in [9.17, 15) is 4.79 Å². The van der Waals surface area contributed by atoms with Crippen molar-refractivity contribution in [2.75, 3.05) is 6.79 Å². The van der Waals surface area contributed by atoms with Crippen molar-refractivity contribution in [2.45, 2.75) is 23.7 Å². The molecule has 0 unspecified atom stereocenters. The topological polar surface area (TPSA) is 73.3 Å². The van der Waals surface area contributed by atoms with Crippen LogP contribution < -0.4 is 14.8 Å². The molecule has 1 aliphatic rings. The molecule has 6 nitrogen and oxygen atoms in total. The molecule has 0 spiro atoms. The molecule has 2 aromatic heterocycles. The minimum atomic E-state index is -0.299. The Bertz CT molecular complexity index is 1240. The van der Waals surface area contributed by atoms with Crippen molar-refractivity contribution >= 4 is 39.2 Å². The van der Waals surface area contributed by atoms with Crippen LogP contribution in [-0.4, -0.2) is 27.9 Å². The summed E-state index contributed by atoms with van der Waals surface area (Å²) in [5, 5.41) is 4.49. The molecule has 1 amide bonds. The van der Waals surface area contributed by atoms with Crippen molar-refractivity contribution in [3.05, 3.63) is 66.5 Å². The lowest BCUT2D eigenvalue weighted by Crippen LogP contribution is -2.30. The van der Waals surface area contributed by atoms with Crippen LogP contribution in [0.3, 0.4) is 0 Å². The first kappa shape index (κ1) is 19.8. The molecule has 2 aromatic carbocycles. The lowest BCUT2D eigenvalue weighted by atomic mass is 10.2. The van der Waals surface area contributed by atoms with Gasteiger partial charge in [0, 0.05) is 16.8 Å². The maximum atomic E-state index is 12.7. The zero-order chi connectivity index (χ0) is 21.2. The fourth-order valence-electron chi connectivity index (χ4n) is 3.28. The SMILES string of the molecule is C[C@H](Sc1ncnc2sc(-c3ccccc3)cc12)C(=O)NCc1ccc2c(c1)OCO2. The van der Waals surface area contributed by atoms with Crippen molar-refractivity contribution in [1.82, 2.24) is 15.3 Å². The van der Waals surface area contributed by atoms with E-state index in [-0.39, 0.29) is 18.0 Å². The largest absolute Gasteiger partial charge is 0.454 e. The standard InChI is InChI=1S/C23H19N3O3S2/c1-14(21(27)24-11-15-7-8-18-19(9-15)29-13-28-18)30-22-17-10-20(16-5-3-2-4-6-16)31-23(17)26-12-25-22/h2-10,12,14H,11,13H2,1H3,(H,24,27)/t14-/m0/s1. The van der Waals surface area contributed by atoms with Crippen molar-refractivity contribution in [2.24, 2.45) is 0 Å². The Morgan fingerprint density at radius 1 is 1.13 bits per heavy atom. The van der Waals surface area contributed by atoms with Gasteiger partial charge in [-0.1, -0.05) is 48.2 Å². The van der Waals surface area contributed by atoms with Gasteiger partial charge in [0.2, 0.25) is 12.7 Å². The number of fused-ring (bicyclic) bond motifs is 2. The number of nitrogens with one attached hydrogen (secondary N) is 1. The Balaban J connectivity index is 1.27. The predicted octanol–water partition coefficient (Wildman–Crippen LogP) is 4.88. The van der Waals surface area contributed by atoms with Crippen molar-refractivity contribution in [3.63, 3.8) is 0 Å². The Morgan fingerprint density at radius 2 is 1.97 bits per heavy atom. The number of thiophene rings is 1. The van der Waals surface area contributed by atoms with Gasteiger partial charge in [-0.2, -0.15) is 0 Å². The first-order valence-corrected chi connectivity index (χ1v) is 11.5. The number of nitrogens with zero attached hydrogens (tertiary/aromatic N) is 2. The highest BCUT2D eigenvalue weighted by atomic mass is 32.2. The van der Waals surface area contributed by atoms with E-state index in [0.29, 0.717) is 12.3 Å². The normalized spacial score (nSPS) is 13.3. The predicted molar refractivity (Wildman–Crippen MR) is 123 cm³/mol. The quantitative estimate of drug-likeness (QED) is 0.334. The molecule has 1 aliphatic heterocycles. The number of hydrogen-bond acceptors (Lipinski definition) is 7. The van der Waals surface area contributed by atoms with Gasteiger partial charge in [0.15, 0.2) is 11.5 Å². The minimum Gasteiger partial charge on any atom is -0.454 e. The maximum Gasteiger partial charge on any atom is 0.233 e. The summed E-state index contributed by atoms with van der Waals surface area (Å²) in [5.74, 6) is 1.40. The average Bonchev–Trinajstić information content (AvgIpc) is 3.45. The lowest BCUT2D eigenvalue weighted by Gasteiger charge is -2.12. The lowest BCUT2D eigenvalue weighted by molar-refractivity contribution is -0.120. The zero-order valence-electron chi connectivity index (χ0n) is 16.7. The molecule has 1 N–H and O–H groups in total. The first-order valence-electron chi connectivity index (χ1n) is 9.80. The highest BCUT2D eigenvalue weighted by molar-refractivity contribution is 8.00. The number of carbonyl (C=O) groups is 1. The fraction of sp³-hybridized carbons (Fsp3) is 0.174. The second kappa shape index (κ2) is 8.56. The molecule has 0 fully saturated rings. The van der Waals surface area contributed by atoms with Gasteiger partial charge >= 0.3 is 0 Å². The first-order chi connectivity index (χ1) is 15.2. The number of ether oxygens (including phenoxy) is 2. The van der Waals surface area contributed by atoms with Crippen LogP contribution in [0.2, 0.25) is 0 Å². The second-order valence-electron chi connectivity index (χ2n) is 7.04. The maximum absolute atomic E-state index is 12.7. The van der Waals surface area contributed by atoms with Crippen LogP contribution in [0.15, 0.2) is 66.0 Å². The summed E-state index contributed by atoms with van der Waals surface area (Å²) in [5.41, 5.74) is 2.11. The van der Waals surface area contributed by atoms with E-state index < -0.39 is 0 Å². The van der Waals surface area contributed by atoms with Gasteiger partial charge in [-0.3, -0.25) is 4.79 Å². The summed E-state index contributed by atoms with van der Waals surface area (Å²) in [7, 11) is 0. The highest BCUT2D eigenvalue weighted by Crippen LogP contribution is 2.37. The van der Waals surface area contributed by atoms with Crippen LogP contribution in [0.1, 0.15) is 12.5 Å². The molecule has 4 aromatic rings. The van der Waals surface area contributed by atoms with Crippen molar-refractivity contribution in [1.29, 1.82) is 0 Å². The fourth-order valence-corrected chi connectivity index (χ4v) is 5.26. The molecule has 0 bridgehead atoms. The van der Waals surface area contributed by atoms with Crippen LogP contribution in [0, 0.1) is 0 Å². The third-order valence-electron chi connectivity index (χ3n) is 4.91. The van der Waals surface area contributed by atoms with Crippen LogP contribution in [-0.2, 0) is 11.3 Å². The van der Waals surface area contributed by atoms with E-state index in [2.05, 4.69) is 33.5 Å². The number of benzene rings is 2. The smallest absolute Gasteiger partial charge is 0.233 e. The third-order valence-corrected chi connectivity index (χ3v) is 7.12. The number of rotatable bonds is 6. The molecule has 156 valence electrons. The van der Waals surface area contributed by atoms with E-state index in [1.165, 1.54) is 11.8 Å².